The van der Waals surface area contributed by atoms with Gasteiger partial charge >= 0.3 is 0 Å². The summed E-state index contributed by atoms with van der Waals surface area (Å²) >= 11 is 3.31. The third-order valence-corrected chi connectivity index (χ3v) is 2.44. The molecule has 1 N–H and O–H groups in total. The predicted molar refractivity (Wildman–Crippen MR) is 38.5 cm³/mol. The highest BCUT2D eigenvalue weighted by atomic mass is 79.9. The summed E-state index contributed by atoms with van der Waals surface area (Å²) in [7, 11) is 0. The molecule has 0 spiro atoms. The second-order valence-corrected chi connectivity index (χ2v) is 3.61. The van der Waals surface area contributed by atoms with Gasteiger partial charge in [0.15, 0.2) is 6.29 Å². The molecule has 3 atom stereocenters. The molecule has 0 aromatic heterocycles. The van der Waals surface area contributed by atoms with Crippen LogP contribution in [0.15, 0.2) is 0 Å². The van der Waals surface area contributed by atoms with Gasteiger partial charge < -0.3 is 9.84 Å². The molecule has 1 rings (SSSR count). The first-order chi connectivity index (χ1) is 4.20. The molecule has 0 amide bonds. The van der Waals surface area contributed by atoms with Gasteiger partial charge in [0.25, 0.3) is 0 Å². The Hall–Kier alpha value is 0.400. The summed E-state index contributed by atoms with van der Waals surface area (Å²) in [5.74, 6) is 0. The number of aliphatic hydroxyl groups is 1. The lowest BCUT2D eigenvalue weighted by Gasteiger charge is -2.27. The monoisotopic (exact) mass is 194 g/mol. The molecule has 0 bridgehead atoms. The van der Waals surface area contributed by atoms with Gasteiger partial charge in [0.2, 0.25) is 0 Å². The molecular weight excluding hydrogens is 184 g/mol. The Morgan fingerprint density at radius 1 is 1.56 bits per heavy atom. The number of hydrogen-bond acceptors (Lipinski definition) is 2. The van der Waals surface area contributed by atoms with E-state index in [2.05, 4.69) is 15.9 Å². The van der Waals surface area contributed by atoms with E-state index in [4.69, 9.17) is 9.84 Å². The molecule has 54 valence electrons. The van der Waals surface area contributed by atoms with E-state index in [0.717, 1.165) is 12.8 Å². The van der Waals surface area contributed by atoms with Crippen LogP contribution in [0, 0.1) is 0 Å². The topological polar surface area (TPSA) is 29.5 Å². The second kappa shape index (κ2) is 2.99. The lowest BCUT2D eigenvalue weighted by Crippen LogP contribution is -2.33. The maximum atomic E-state index is 9.08. The minimum atomic E-state index is -0.603. The van der Waals surface area contributed by atoms with Gasteiger partial charge in [-0.05, 0) is 19.8 Å². The predicted octanol–water partition coefficient (Wildman–Crippen LogP) is 1.27. The minimum absolute atomic E-state index is 0.133. The third-order valence-electron chi connectivity index (χ3n) is 1.53. The maximum Gasteiger partial charge on any atom is 0.167 e. The molecule has 2 nitrogen and oxygen atoms in total. The summed E-state index contributed by atoms with van der Waals surface area (Å²) in [5.41, 5.74) is 0. The van der Waals surface area contributed by atoms with Crippen molar-refractivity contribution in [1.82, 2.24) is 0 Å². The zero-order valence-corrected chi connectivity index (χ0v) is 6.97. The van der Waals surface area contributed by atoms with Gasteiger partial charge in [-0.15, -0.1) is 0 Å². The Bertz CT molecular complexity index is 97.1. The molecule has 1 heterocycles. The Morgan fingerprint density at radius 3 is 2.67 bits per heavy atom. The summed E-state index contributed by atoms with van der Waals surface area (Å²) < 4.78 is 5.11. The molecule has 0 saturated carbocycles. The molecule has 1 fully saturated rings. The van der Waals surface area contributed by atoms with Crippen LogP contribution in [0.25, 0.3) is 0 Å². The van der Waals surface area contributed by atoms with Gasteiger partial charge in [-0.2, -0.15) is 0 Å². The fourth-order valence-electron chi connectivity index (χ4n) is 0.928. The van der Waals surface area contributed by atoms with Gasteiger partial charge in [0.1, 0.15) is 0 Å². The van der Waals surface area contributed by atoms with Crippen molar-refractivity contribution in [2.24, 2.45) is 0 Å². The van der Waals surface area contributed by atoms with Crippen LogP contribution in [-0.2, 0) is 4.74 Å². The first-order valence-corrected chi connectivity index (χ1v) is 4.09. The lowest BCUT2D eigenvalue weighted by atomic mass is 10.1. The zero-order chi connectivity index (χ0) is 6.85. The van der Waals surface area contributed by atoms with Crippen molar-refractivity contribution in [3.05, 3.63) is 0 Å². The van der Waals surface area contributed by atoms with Gasteiger partial charge in [-0.25, -0.2) is 0 Å². The molecule has 1 aliphatic rings. The normalized spacial score (nSPS) is 45.0. The summed E-state index contributed by atoms with van der Waals surface area (Å²) in [6, 6.07) is 0. The van der Waals surface area contributed by atoms with Crippen molar-refractivity contribution in [3.8, 4) is 0 Å². The smallest absolute Gasteiger partial charge is 0.167 e. The fraction of sp³-hybridized carbons (Fsp3) is 1.00. The largest absolute Gasteiger partial charge is 0.367 e. The van der Waals surface area contributed by atoms with Gasteiger partial charge in [0, 0.05) is 0 Å². The summed E-state index contributed by atoms with van der Waals surface area (Å²) in [4.78, 5) is 0.133. The molecule has 1 saturated heterocycles. The van der Waals surface area contributed by atoms with E-state index in [9.17, 15) is 0 Å². The average molecular weight is 195 g/mol. The summed E-state index contributed by atoms with van der Waals surface area (Å²) in [6.45, 7) is 1.97. The third kappa shape index (κ3) is 1.92. The SMILES string of the molecule is CC1CCC(Br)C(O)O1. The number of alkyl halides is 1. The maximum absolute atomic E-state index is 9.08. The Morgan fingerprint density at radius 2 is 2.22 bits per heavy atom. The minimum Gasteiger partial charge on any atom is -0.367 e. The quantitative estimate of drug-likeness (QED) is 0.589. The molecule has 0 aromatic rings. The van der Waals surface area contributed by atoms with E-state index in [0.29, 0.717) is 0 Å². The van der Waals surface area contributed by atoms with Crippen molar-refractivity contribution in [2.75, 3.05) is 0 Å². The van der Waals surface area contributed by atoms with Crippen molar-refractivity contribution < 1.29 is 9.84 Å². The fourth-order valence-corrected chi connectivity index (χ4v) is 1.32. The molecule has 1 aliphatic heterocycles. The number of aliphatic hydroxyl groups excluding tert-OH is 1. The first-order valence-electron chi connectivity index (χ1n) is 3.18. The first kappa shape index (κ1) is 7.51. The highest BCUT2D eigenvalue weighted by molar-refractivity contribution is 9.09. The highest BCUT2D eigenvalue weighted by Gasteiger charge is 2.24. The number of ether oxygens (including phenoxy) is 1. The van der Waals surface area contributed by atoms with Crippen LogP contribution in [0.5, 0.6) is 0 Å². The van der Waals surface area contributed by atoms with Gasteiger partial charge in [0.05, 0.1) is 10.9 Å². The molecule has 0 radical (unpaired) electrons. The molecular formula is C6H11BrO2. The van der Waals surface area contributed by atoms with Crippen molar-refractivity contribution in [2.45, 2.75) is 37.0 Å². The van der Waals surface area contributed by atoms with E-state index in [1.807, 2.05) is 6.92 Å². The summed E-state index contributed by atoms with van der Waals surface area (Å²) in [5, 5.41) is 9.08. The average Bonchev–Trinajstić information content (AvgIpc) is 1.80. The van der Waals surface area contributed by atoms with E-state index >= 15 is 0 Å². The van der Waals surface area contributed by atoms with E-state index < -0.39 is 6.29 Å². The highest BCUT2D eigenvalue weighted by Crippen LogP contribution is 2.22. The van der Waals surface area contributed by atoms with Crippen LogP contribution in [0.1, 0.15) is 19.8 Å². The number of rotatable bonds is 0. The zero-order valence-electron chi connectivity index (χ0n) is 5.38. The number of halogens is 1. The Balaban J connectivity index is 2.35. The van der Waals surface area contributed by atoms with Crippen LogP contribution in [0.4, 0.5) is 0 Å². The molecule has 9 heavy (non-hydrogen) atoms. The van der Waals surface area contributed by atoms with Crippen LogP contribution < -0.4 is 0 Å². The van der Waals surface area contributed by atoms with Gasteiger partial charge in [-0.1, -0.05) is 15.9 Å². The lowest BCUT2D eigenvalue weighted by molar-refractivity contribution is -0.150. The Labute approximate surface area is 63.3 Å². The Kier molecular flexibility index (Phi) is 2.50. The summed E-state index contributed by atoms with van der Waals surface area (Å²) in [6.07, 6.45) is 1.65. The molecule has 3 heteroatoms. The van der Waals surface area contributed by atoms with Crippen LogP contribution in [-0.4, -0.2) is 22.3 Å². The molecule has 3 unspecified atom stereocenters. The van der Waals surface area contributed by atoms with E-state index in [-0.39, 0.29) is 10.9 Å². The number of hydrogen-bond donors (Lipinski definition) is 1. The van der Waals surface area contributed by atoms with Gasteiger partial charge in [-0.3, -0.25) is 0 Å². The molecule has 0 aliphatic carbocycles. The van der Waals surface area contributed by atoms with Crippen molar-refractivity contribution >= 4 is 15.9 Å². The standard InChI is InChI=1S/C6H11BrO2/c1-4-2-3-5(7)6(8)9-4/h4-6,8H,2-3H2,1H3. The second-order valence-electron chi connectivity index (χ2n) is 2.43. The van der Waals surface area contributed by atoms with Crippen molar-refractivity contribution in [3.63, 3.8) is 0 Å². The van der Waals surface area contributed by atoms with Crippen LogP contribution in [0.2, 0.25) is 0 Å². The van der Waals surface area contributed by atoms with E-state index in [1.54, 1.807) is 0 Å². The van der Waals surface area contributed by atoms with Crippen molar-refractivity contribution in [1.29, 1.82) is 0 Å². The van der Waals surface area contributed by atoms with Crippen LogP contribution >= 0.6 is 15.9 Å². The van der Waals surface area contributed by atoms with E-state index in [1.165, 1.54) is 0 Å². The van der Waals surface area contributed by atoms with Crippen LogP contribution in [0.3, 0.4) is 0 Å². The molecule has 0 aromatic carbocycles.